The van der Waals surface area contributed by atoms with Crippen molar-refractivity contribution < 1.29 is 19.2 Å². The molecule has 1 aliphatic heterocycles. The summed E-state index contributed by atoms with van der Waals surface area (Å²) >= 11 is 5.79. The number of nitro benzene ring substituents is 1. The molecule has 21 heavy (non-hydrogen) atoms. The number of rotatable bonds is 5. The average Bonchev–Trinajstić information content (AvgIpc) is 2.97. The van der Waals surface area contributed by atoms with Crippen LogP contribution in [-0.2, 0) is 4.74 Å². The molecule has 1 N–H and O–H groups in total. The van der Waals surface area contributed by atoms with Gasteiger partial charge < -0.3 is 14.8 Å². The Hall–Kier alpha value is -1.86. The lowest BCUT2D eigenvalue weighted by molar-refractivity contribution is -0.384. The molecule has 0 aliphatic carbocycles. The van der Waals surface area contributed by atoms with Gasteiger partial charge in [0.2, 0.25) is 0 Å². The van der Waals surface area contributed by atoms with Crippen molar-refractivity contribution in [3.63, 3.8) is 0 Å². The molecule has 1 aliphatic rings. The van der Waals surface area contributed by atoms with Crippen LogP contribution in [0.5, 0.6) is 5.75 Å². The van der Waals surface area contributed by atoms with Gasteiger partial charge in [-0.05, 0) is 12.8 Å². The molecule has 0 saturated carbocycles. The monoisotopic (exact) mass is 314 g/mol. The van der Waals surface area contributed by atoms with Gasteiger partial charge in [-0.1, -0.05) is 11.6 Å². The van der Waals surface area contributed by atoms with Crippen molar-refractivity contribution in [1.82, 2.24) is 5.32 Å². The van der Waals surface area contributed by atoms with Crippen LogP contribution in [-0.4, -0.2) is 37.2 Å². The summed E-state index contributed by atoms with van der Waals surface area (Å²) in [5, 5.41) is 13.5. The Morgan fingerprint density at radius 2 is 2.38 bits per heavy atom. The lowest BCUT2D eigenvalue weighted by atomic mass is 10.1. The standard InChI is InChI=1S/C13H15ClN2O5/c1-20-12-6-10(14)11(16(18)19)5-9(12)13(17)15-7-8-3-2-4-21-8/h5-6,8H,2-4,7H2,1H3,(H,15,17). The highest BCUT2D eigenvalue weighted by Gasteiger charge is 2.23. The molecule has 114 valence electrons. The maximum absolute atomic E-state index is 12.2. The zero-order valence-corrected chi connectivity index (χ0v) is 12.2. The topological polar surface area (TPSA) is 90.7 Å². The fourth-order valence-electron chi connectivity index (χ4n) is 2.14. The molecule has 0 spiro atoms. The van der Waals surface area contributed by atoms with E-state index in [1.54, 1.807) is 0 Å². The van der Waals surface area contributed by atoms with Gasteiger partial charge in [0.15, 0.2) is 0 Å². The molecular formula is C13H15ClN2O5. The second-order valence-corrected chi connectivity index (χ2v) is 5.01. The highest BCUT2D eigenvalue weighted by atomic mass is 35.5. The van der Waals surface area contributed by atoms with E-state index in [1.165, 1.54) is 13.2 Å². The molecule has 1 heterocycles. The molecule has 1 fully saturated rings. The van der Waals surface area contributed by atoms with Crippen molar-refractivity contribution in [2.45, 2.75) is 18.9 Å². The van der Waals surface area contributed by atoms with Crippen LogP contribution in [0.3, 0.4) is 0 Å². The van der Waals surface area contributed by atoms with Crippen LogP contribution in [0.1, 0.15) is 23.2 Å². The number of hydrogen-bond donors (Lipinski definition) is 1. The maximum atomic E-state index is 12.2. The molecule has 8 heteroatoms. The number of benzene rings is 1. The quantitative estimate of drug-likeness (QED) is 0.664. The predicted octanol–water partition coefficient (Wildman–Crippen LogP) is 2.17. The minimum Gasteiger partial charge on any atom is -0.496 e. The molecule has 1 aromatic rings. The number of amides is 1. The van der Waals surface area contributed by atoms with Crippen molar-refractivity contribution in [2.75, 3.05) is 20.3 Å². The fraction of sp³-hybridized carbons (Fsp3) is 0.462. The zero-order valence-electron chi connectivity index (χ0n) is 11.4. The largest absolute Gasteiger partial charge is 0.496 e. The number of nitrogens with one attached hydrogen (secondary N) is 1. The Bertz CT molecular complexity index is 558. The van der Waals surface area contributed by atoms with Crippen molar-refractivity contribution in [2.24, 2.45) is 0 Å². The van der Waals surface area contributed by atoms with Crippen molar-refractivity contribution in [1.29, 1.82) is 0 Å². The number of ether oxygens (including phenoxy) is 2. The van der Waals surface area contributed by atoms with Crippen LogP contribution in [0.25, 0.3) is 0 Å². The first-order valence-corrected chi connectivity index (χ1v) is 6.82. The van der Waals surface area contributed by atoms with Crippen molar-refractivity contribution in [3.05, 3.63) is 32.8 Å². The average molecular weight is 315 g/mol. The third-order valence-electron chi connectivity index (χ3n) is 3.22. The van der Waals surface area contributed by atoms with Gasteiger partial charge in [0.1, 0.15) is 10.8 Å². The Kier molecular flexibility index (Phi) is 4.98. The minimum atomic E-state index is -0.640. The molecule has 1 aromatic carbocycles. The highest BCUT2D eigenvalue weighted by Crippen LogP contribution is 2.32. The normalized spacial score (nSPS) is 17.5. The third kappa shape index (κ3) is 3.62. The minimum absolute atomic E-state index is 0.0118. The van der Waals surface area contributed by atoms with Crippen LogP contribution in [0.4, 0.5) is 5.69 Å². The van der Waals surface area contributed by atoms with Gasteiger partial charge in [-0.2, -0.15) is 0 Å². The highest BCUT2D eigenvalue weighted by molar-refractivity contribution is 6.33. The van der Waals surface area contributed by atoms with E-state index in [1.807, 2.05) is 0 Å². The molecule has 7 nitrogen and oxygen atoms in total. The van der Waals surface area contributed by atoms with Gasteiger partial charge in [-0.25, -0.2) is 0 Å². The number of halogens is 1. The number of nitrogens with zero attached hydrogens (tertiary/aromatic N) is 1. The van der Waals surface area contributed by atoms with E-state index < -0.39 is 10.8 Å². The molecule has 1 amide bonds. The summed E-state index contributed by atoms with van der Waals surface area (Å²) in [5.41, 5.74) is -0.258. The van der Waals surface area contributed by atoms with Crippen molar-refractivity contribution in [3.8, 4) is 5.75 Å². The Labute approximate surface area is 126 Å². The first-order chi connectivity index (χ1) is 10.0. The SMILES string of the molecule is COc1cc(Cl)c([N+](=O)[O-])cc1C(=O)NCC1CCCO1. The van der Waals surface area contributed by atoms with E-state index in [4.69, 9.17) is 21.1 Å². The molecule has 1 unspecified atom stereocenters. The van der Waals surface area contributed by atoms with Gasteiger partial charge >= 0.3 is 0 Å². The maximum Gasteiger partial charge on any atom is 0.288 e. The first kappa shape index (κ1) is 15.5. The van der Waals surface area contributed by atoms with E-state index in [0.29, 0.717) is 13.2 Å². The smallest absolute Gasteiger partial charge is 0.288 e. The first-order valence-electron chi connectivity index (χ1n) is 6.44. The van der Waals surface area contributed by atoms with Crippen LogP contribution >= 0.6 is 11.6 Å². The summed E-state index contributed by atoms with van der Waals surface area (Å²) < 4.78 is 10.5. The zero-order chi connectivity index (χ0) is 15.4. The second-order valence-electron chi connectivity index (χ2n) is 4.61. The number of carbonyl (C=O) groups is 1. The Morgan fingerprint density at radius 3 is 2.95 bits per heavy atom. The summed E-state index contributed by atoms with van der Waals surface area (Å²) in [5.74, 6) is -0.266. The summed E-state index contributed by atoms with van der Waals surface area (Å²) in [6.45, 7) is 1.05. The van der Waals surface area contributed by atoms with E-state index >= 15 is 0 Å². The van der Waals surface area contributed by atoms with Crippen LogP contribution in [0.15, 0.2) is 12.1 Å². The lowest BCUT2D eigenvalue weighted by Crippen LogP contribution is -2.32. The van der Waals surface area contributed by atoms with E-state index in [0.717, 1.165) is 18.9 Å². The van der Waals surface area contributed by atoms with Crippen LogP contribution in [0, 0.1) is 10.1 Å². The second kappa shape index (κ2) is 6.73. The number of nitro groups is 1. The summed E-state index contributed by atoms with van der Waals surface area (Å²) in [4.78, 5) is 22.4. The fourth-order valence-corrected chi connectivity index (χ4v) is 2.36. The molecular weight excluding hydrogens is 300 g/mol. The number of carbonyl (C=O) groups excluding carboxylic acids is 1. The van der Waals surface area contributed by atoms with Gasteiger partial charge in [0.25, 0.3) is 11.6 Å². The predicted molar refractivity (Wildman–Crippen MR) is 76.0 cm³/mol. The van der Waals surface area contributed by atoms with Crippen LogP contribution in [0.2, 0.25) is 5.02 Å². The van der Waals surface area contributed by atoms with Crippen LogP contribution < -0.4 is 10.1 Å². The molecule has 0 radical (unpaired) electrons. The van der Waals surface area contributed by atoms with Gasteiger partial charge in [0, 0.05) is 25.3 Å². The Morgan fingerprint density at radius 1 is 1.62 bits per heavy atom. The number of hydrogen-bond acceptors (Lipinski definition) is 5. The molecule has 0 bridgehead atoms. The van der Waals surface area contributed by atoms with E-state index in [-0.39, 0.29) is 28.1 Å². The number of methoxy groups -OCH3 is 1. The molecule has 0 aromatic heterocycles. The molecule has 1 saturated heterocycles. The summed E-state index contributed by atoms with van der Waals surface area (Å²) in [6.07, 6.45) is 1.84. The summed E-state index contributed by atoms with van der Waals surface area (Å²) in [7, 11) is 1.37. The Balaban J connectivity index is 2.17. The van der Waals surface area contributed by atoms with Crippen molar-refractivity contribution >= 4 is 23.2 Å². The lowest BCUT2D eigenvalue weighted by Gasteiger charge is -2.13. The van der Waals surface area contributed by atoms with E-state index in [9.17, 15) is 14.9 Å². The van der Waals surface area contributed by atoms with Gasteiger partial charge in [-0.3, -0.25) is 14.9 Å². The third-order valence-corrected chi connectivity index (χ3v) is 3.53. The van der Waals surface area contributed by atoms with E-state index in [2.05, 4.69) is 5.32 Å². The van der Waals surface area contributed by atoms with Gasteiger partial charge in [0.05, 0.1) is 23.7 Å². The van der Waals surface area contributed by atoms with Gasteiger partial charge in [-0.15, -0.1) is 0 Å². The summed E-state index contributed by atoms with van der Waals surface area (Å²) in [6, 6.07) is 2.38. The molecule has 2 rings (SSSR count). The molecule has 1 atom stereocenters.